The number of hydrogen-bond donors (Lipinski definition) is 0. The summed E-state index contributed by atoms with van der Waals surface area (Å²) in [6.07, 6.45) is 0. The number of para-hydroxylation sites is 1. The molecule has 0 saturated carbocycles. The lowest BCUT2D eigenvalue weighted by atomic mass is 9.67. The number of nitrogens with zero attached hydrogens (tertiary/aromatic N) is 1. The van der Waals surface area contributed by atoms with Crippen LogP contribution in [0.15, 0.2) is 224 Å². The molecule has 58 heavy (non-hydrogen) atoms. The first-order valence-electron chi connectivity index (χ1n) is 20.2. The van der Waals surface area contributed by atoms with Gasteiger partial charge >= 0.3 is 0 Å². The first-order chi connectivity index (χ1) is 28.8. The van der Waals surface area contributed by atoms with Crippen LogP contribution in [0.5, 0.6) is 0 Å². The Kier molecular flexibility index (Phi) is 7.21. The standard InChI is InChI=1S/C57H37N/c1-4-17-42(18-5-1)57(43-19-6-2-7-20-43)51-27-15-14-25-47(51)48-34-32-41(36-52(48)57)38-28-30-40(31-29-38)50-37-54-56(49-26-13-12-24-46(49)50)55-45-23-11-10-16-39(45)33-35-53(55)58(54)44-21-8-3-9-22-44/h1-37H. The van der Waals surface area contributed by atoms with Crippen molar-refractivity contribution in [1.82, 2.24) is 4.57 Å². The maximum atomic E-state index is 2.45. The van der Waals surface area contributed by atoms with Crippen LogP contribution in [0, 0.1) is 0 Å². The molecule has 10 aromatic carbocycles. The average Bonchev–Trinajstić information content (AvgIpc) is 3.81. The van der Waals surface area contributed by atoms with E-state index in [4.69, 9.17) is 0 Å². The Morgan fingerprint density at radius 2 is 0.862 bits per heavy atom. The predicted octanol–water partition coefficient (Wildman–Crippen LogP) is 14.8. The number of rotatable bonds is 5. The third kappa shape index (κ3) is 4.65. The molecule has 1 aliphatic rings. The van der Waals surface area contributed by atoms with E-state index in [0.29, 0.717) is 0 Å². The first-order valence-corrected chi connectivity index (χ1v) is 20.2. The summed E-state index contributed by atoms with van der Waals surface area (Å²) >= 11 is 0. The smallest absolute Gasteiger partial charge is 0.0713 e. The minimum atomic E-state index is -0.429. The van der Waals surface area contributed by atoms with Gasteiger partial charge in [-0.1, -0.05) is 194 Å². The molecule has 0 atom stereocenters. The van der Waals surface area contributed by atoms with Crippen molar-refractivity contribution >= 4 is 43.4 Å². The van der Waals surface area contributed by atoms with Crippen LogP contribution in [-0.2, 0) is 5.41 Å². The Labute approximate surface area is 337 Å². The van der Waals surface area contributed by atoms with E-state index in [0.717, 1.165) is 5.69 Å². The maximum Gasteiger partial charge on any atom is 0.0713 e. The molecule has 11 aromatic rings. The third-order valence-corrected chi connectivity index (χ3v) is 12.7. The van der Waals surface area contributed by atoms with Crippen LogP contribution in [-0.4, -0.2) is 4.57 Å². The van der Waals surface area contributed by atoms with Crippen molar-refractivity contribution in [2.45, 2.75) is 5.41 Å². The van der Waals surface area contributed by atoms with Crippen molar-refractivity contribution in [3.63, 3.8) is 0 Å². The zero-order chi connectivity index (χ0) is 38.2. The molecule has 1 aliphatic carbocycles. The molecule has 0 fully saturated rings. The van der Waals surface area contributed by atoms with E-state index >= 15 is 0 Å². The first kappa shape index (κ1) is 32.7. The van der Waals surface area contributed by atoms with Crippen LogP contribution in [0.4, 0.5) is 0 Å². The van der Waals surface area contributed by atoms with Gasteiger partial charge in [0.15, 0.2) is 0 Å². The second-order valence-corrected chi connectivity index (χ2v) is 15.6. The van der Waals surface area contributed by atoms with Gasteiger partial charge in [-0.2, -0.15) is 0 Å². The van der Waals surface area contributed by atoms with E-state index in [2.05, 4.69) is 229 Å². The predicted molar refractivity (Wildman–Crippen MR) is 244 cm³/mol. The maximum absolute atomic E-state index is 2.45. The van der Waals surface area contributed by atoms with Gasteiger partial charge in [0.25, 0.3) is 0 Å². The lowest BCUT2D eigenvalue weighted by Gasteiger charge is -2.34. The normalized spacial score (nSPS) is 13.0. The number of fused-ring (bicyclic) bond motifs is 10. The van der Waals surface area contributed by atoms with E-state index in [9.17, 15) is 0 Å². The molecule has 12 rings (SSSR count). The topological polar surface area (TPSA) is 4.93 Å². The number of aromatic nitrogens is 1. The van der Waals surface area contributed by atoms with Crippen molar-refractivity contribution in [2.75, 3.05) is 0 Å². The largest absolute Gasteiger partial charge is 0.309 e. The SMILES string of the molecule is c1ccc(-n2c3ccc4ccccc4c3c3c4ccccc4c(-c4ccc(-c5ccc6c(c5)C(c5ccccc5)(c5ccccc5)c5ccccc5-6)cc4)cc32)cc1. The van der Waals surface area contributed by atoms with Crippen LogP contribution < -0.4 is 0 Å². The van der Waals surface area contributed by atoms with Gasteiger partial charge in [0, 0.05) is 16.5 Å². The van der Waals surface area contributed by atoms with Crippen LogP contribution in [0.25, 0.3) is 82.4 Å². The molecular formula is C57H37N. The number of benzene rings is 10. The second kappa shape index (κ2) is 12.8. The summed E-state index contributed by atoms with van der Waals surface area (Å²) in [5.41, 5.74) is 15.8. The second-order valence-electron chi connectivity index (χ2n) is 15.6. The van der Waals surface area contributed by atoms with Gasteiger partial charge < -0.3 is 4.57 Å². The van der Waals surface area contributed by atoms with Crippen molar-refractivity contribution < 1.29 is 0 Å². The lowest BCUT2D eigenvalue weighted by molar-refractivity contribution is 0.769. The van der Waals surface area contributed by atoms with Crippen molar-refractivity contribution in [3.8, 4) is 39.1 Å². The van der Waals surface area contributed by atoms with Gasteiger partial charge in [-0.05, 0) is 108 Å². The third-order valence-electron chi connectivity index (χ3n) is 12.7. The van der Waals surface area contributed by atoms with Gasteiger partial charge in [-0.3, -0.25) is 0 Å². The van der Waals surface area contributed by atoms with E-state index < -0.39 is 5.41 Å². The molecule has 0 amide bonds. The fourth-order valence-corrected chi connectivity index (χ4v) is 10.2. The summed E-state index contributed by atoms with van der Waals surface area (Å²) in [5.74, 6) is 0. The van der Waals surface area contributed by atoms with Crippen molar-refractivity contribution in [2.24, 2.45) is 0 Å². The minimum Gasteiger partial charge on any atom is -0.309 e. The number of hydrogen-bond acceptors (Lipinski definition) is 0. The van der Waals surface area contributed by atoms with Gasteiger partial charge in [-0.25, -0.2) is 0 Å². The Morgan fingerprint density at radius 1 is 0.310 bits per heavy atom. The molecular weight excluding hydrogens is 699 g/mol. The molecule has 1 aromatic heterocycles. The van der Waals surface area contributed by atoms with Gasteiger partial charge in [0.1, 0.15) is 0 Å². The highest BCUT2D eigenvalue weighted by Gasteiger charge is 2.46. The molecule has 1 heterocycles. The molecule has 0 bridgehead atoms. The molecule has 1 nitrogen and oxygen atoms in total. The minimum absolute atomic E-state index is 0.429. The Hall–Kier alpha value is -7.48. The zero-order valence-electron chi connectivity index (χ0n) is 31.8. The Morgan fingerprint density at radius 3 is 1.60 bits per heavy atom. The Balaban J connectivity index is 1.05. The van der Waals surface area contributed by atoms with E-state index in [1.54, 1.807) is 0 Å². The molecule has 0 saturated heterocycles. The summed E-state index contributed by atoms with van der Waals surface area (Å²) in [4.78, 5) is 0. The molecule has 0 N–H and O–H groups in total. The van der Waals surface area contributed by atoms with Crippen LogP contribution in [0.2, 0.25) is 0 Å². The van der Waals surface area contributed by atoms with E-state index in [-0.39, 0.29) is 0 Å². The summed E-state index contributed by atoms with van der Waals surface area (Å²) in [6.45, 7) is 0. The highest BCUT2D eigenvalue weighted by Crippen LogP contribution is 2.56. The van der Waals surface area contributed by atoms with Gasteiger partial charge in [0.05, 0.1) is 16.4 Å². The monoisotopic (exact) mass is 735 g/mol. The molecule has 0 radical (unpaired) electrons. The molecule has 0 spiro atoms. The van der Waals surface area contributed by atoms with E-state index in [1.807, 2.05) is 0 Å². The van der Waals surface area contributed by atoms with Crippen LogP contribution in [0.3, 0.4) is 0 Å². The Bertz CT molecular complexity index is 3320. The molecule has 1 heteroatoms. The van der Waals surface area contributed by atoms with Crippen molar-refractivity contribution in [1.29, 1.82) is 0 Å². The average molecular weight is 736 g/mol. The lowest BCUT2D eigenvalue weighted by Crippen LogP contribution is -2.28. The van der Waals surface area contributed by atoms with Gasteiger partial charge in [0.2, 0.25) is 0 Å². The molecule has 0 aliphatic heterocycles. The highest BCUT2D eigenvalue weighted by molar-refractivity contribution is 6.30. The summed E-state index contributed by atoms with van der Waals surface area (Å²) in [7, 11) is 0. The highest BCUT2D eigenvalue weighted by atomic mass is 15.0. The summed E-state index contributed by atoms with van der Waals surface area (Å²) in [5, 5.41) is 7.66. The molecule has 270 valence electrons. The zero-order valence-corrected chi connectivity index (χ0v) is 31.8. The fourth-order valence-electron chi connectivity index (χ4n) is 10.2. The van der Waals surface area contributed by atoms with Crippen LogP contribution >= 0.6 is 0 Å². The van der Waals surface area contributed by atoms with Crippen LogP contribution in [0.1, 0.15) is 22.3 Å². The van der Waals surface area contributed by atoms with Crippen molar-refractivity contribution in [3.05, 3.63) is 247 Å². The van der Waals surface area contributed by atoms with Gasteiger partial charge in [-0.15, -0.1) is 0 Å². The quantitative estimate of drug-likeness (QED) is 0.166. The summed E-state index contributed by atoms with van der Waals surface area (Å²) in [6, 6.07) is 83.0. The summed E-state index contributed by atoms with van der Waals surface area (Å²) < 4.78 is 2.45. The fraction of sp³-hybridized carbons (Fsp3) is 0.0175. The molecule has 0 unspecified atom stereocenters. The van der Waals surface area contributed by atoms with E-state index in [1.165, 1.54) is 99.0 Å².